The number of halogens is 2. The standard InChI is InChI=1S/C27H27ClFN3O3S/c1-13-8-14(28)9-18(17(13)10-15-11-30-6-7-35-15)16-4-5-31-23-22(29)19(36-24(16)23)12-32-25(33)20-21(26(32)34)27(20,2)3/h4-5,8-9,15,20-21,30H,6-7,10-12H2,1-3H3/t15-,20?,21?/m1/s1. The molecule has 1 aromatic carbocycles. The quantitative estimate of drug-likeness (QED) is 0.485. The first kappa shape index (κ1) is 24.0. The molecular formula is C27H27ClFN3O3S. The fourth-order valence-corrected chi connectivity index (χ4v) is 7.31. The highest BCUT2D eigenvalue weighted by molar-refractivity contribution is 7.19. The number of pyridine rings is 1. The van der Waals surface area contributed by atoms with Gasteiger partial charge in [-0.2, -0.15) is 0 Å². The Hall–Kier alpha value is -2.39. The van der Waals surface area contributed by atoms with Gasteiger partial charge in [0.1, 0.15) is 5.52 Å². The number of aromatic nitrogens is 1. The highest BCUT2D eigenvalue weighted by Gasteiger charge is 2.72. The van der Waals surface area contributed by atoms with Crippen molar-refractivity contribution in [1.82, 2.24) is 15.2 Å². The molecule has 1 aliphatic carbocycles. The number of nitrogens with zero attached hydrogens (tertiary/aromatic N) is 2. The summed E-state index contributed by atoms with van der Waals surface area (Å²) in [5.41, 5.74) is 3.85. The van der Waals surface area contributed by atoms with Crippen LogP contribution >= 0.6 is 22.9 Å². The second-order valence-electron chi connectivity index (χ2n) is 10.6. The van der Waals surface area contributed by atoms with Crippen LogP contribution in [0.2, 0.25) is 5.02 Å². The molecule has 36 heavy (non-hydrogen) atoms. The molecule has 2 aromatic heterocycles. The summed E-state index contributed by atoms with van der Waals surface area (Å²) < 4.78 is 22.2. The number of thiophene rings is 1. The Morgan fingerprint density at radius 2 is 2.00 bits per heavy atom. The van der Waals surface area contributed by atoms with E-state index in [0.717, 1.165) is 35.3 Å². The number of benzene rings is 1. The fraction of sp³-hybridized carbons (Fsp3) is 0.444. The minimum Gasteiger partial charge on any atom is -0.375 e. The average Bonchev–Trinajstić information content (AvgIpc) is 3.13. The van der Waals surface area contributed by atoms with Gasteiger partial charge < -0.3 is 10.1 Å². The molecule has 9 heteroatoms. The number of ether oxygens (including phenoxy) is 1. The van der Waals surface area contributed by atoms with Crippen molar-refractivity contribution < 1.29 is 18.7 Å². The molecule has 3 aliphatic rings. The highest BCUT2D eigenvalue weighted by Crippen LogP contribution is 2.63. The number of morpholine rings is 1. The maximum atomic E-state index is 15.6. The Labute approximate surface area is 217 Å². The zero-order valence-corrected chi connectivity index (χ0v) is 21.9. The molecule has 2 amide bonds. The lowest BCUT2D eigenvalue weighted by molar-refractivity contribution is -0.143. The first-order valence-corrected chi connectivity index (χ1v) is 13.4. The Morgan fingerprint density at radius 3 is 2.69 bits per heavy atom. The third-order valence-corrected chi connectivity index (χ3v) is 9.33. The van der Waals surface area contributed by atoms with E-state index in [1.54, 1.807) is 6.20 Å². The molecule has 2 saturated heterocycles. The number of hydrogen-bond acceptors (Lipinski definition) is 6. The van der Waals surface area contributed by atoms with Gasteiger partial charge in [-0.1, -0.05) is 25.4 Å². The van der Waals surface area contributed by atoms with Crippen molar-refractivity contribution in [2.45, 2.75) is 39.8 Å². The van der Waals surface area contributed by atoms with Gasteiger partial charge in [0.25, 0.3) is 0 Å². The summed E-state index contributed by atoms with van der Waals surface area (Å²) in [4.78, 5) is 31.6. The van der Waals surface area contributed by atoms with E-state index in [-0.39, 0.29) is 47.2 Å². The second-order valence-corrected chi connectivity index (χ2v) is 12.1. The Bertz CT molecular complexity index is 1390. The smallest absolute Gasteiger partial charge is 0.234 e. The van der Waals surface area contributed by atoms with Gasteiger partial charge in [0.2, 0.25) is 11.8 Å². The SMILES string of the molecule is Cc1cc(Cl)cc(-c2ccnc3c(F)c(CN4C(=O)C5C(C4=O)C5(C)C)sc23)c1C[C@@H]1CNCCO1. The van der Waals surface area contributed by atoms with E-state index in [0.29, 0.717) is 27.6 Å². The summed E-state index contributed by atoms with van der Waals surface area (Å²) in [6.07, 6.45) is 2.33. The molecule has 2 aliphatic heterocycles. The number of fused-ring (bicyclic) bond motifs is 2. The Kier molecular flexibility index (Phi) is 5.72. The van der Waals surface area contributed by atoms with Crippen molar-refractivity contribution in [3.05, 3.63) is 51.2 Å². The molecule has 4 heterocycles. The normalized spacial score (nSPS) is 25.0. The number of nitrogens with one attached hydrogen (secondary N) is 1. The first-order chi connectivity index (χ1) is 17.2. The minimum atomic E-state index is -0.475. The number of amides is 2. The Balaban J connectivity index is 1.39. The number of imide groups is 1. The van der Waals surface area contributed by atoms with Gasteiger partial charge in [0, 0.05) is 36.3 Å². The fourth-order valence-electron chi connectivity index (χ4n) is 5.89. The predicted octanol–water partition coefficient (Wildman–Crippen LogP) is 4.74. The predicted molar refractivity (Wildman–Crippen MR) is 137 cm³/mol. The van der Waals surface area contributed by atoms with E-state index < -0.39 is 5.82 Å². The van der Waals surface area contributed by atoms with Gasteiger partial charge >= 0.3 is 0 Å². The van der Waals surface area contributed by atoms with Crippen molar-refractivity contribution >= 4 is 45.0 Å². The van der Waals surface area contributed by atoms with E-state index in [1.807, 2.05) is 39.0 Å². The second kappa shape index (κ2) is 8.58. The van der Waals surface area contributed by atoms with Crippen LogP contribution in [0.1, 0.15) is 29.9 Å². The van der Waals surface area contributed by atoms with Crippen LogP contribution in [0.5, 0.6) is 0 Å². The maximum absolute atomic E-state index is 15.6. The van der Waals surface area contributed by atoms with E-state index >= 15 is 4.39 Å². The molecule has 3 aromatic rings. The van der Waals surface area contributed by atoms with E-state index in [4.69, 9.17) is 16.3 Å². The molecule has 1 N–H and O–H groups in total. The van der Waals surface area contributed by atoms with Gasteiger partial charge in [0.15, 0.2) is 5.82 Å². The minimum absolute atomic E-state index is 0.0354. The molecule has 188 valence electrons. The molecule has 0 spiro atoms. The summed E-state index contributed by atoms with van der Waals surface area (Å²) in [6.45, 7) is 8.11. The van der Waals surface area contributed by atoms with Crippen LogP contribution < -0.4 is 5.32 Å². The zero-order chi connectivity index (χ0) is 25.4. The summed E-state index contributed by atoms with van der Waals surface area (Å²) >= 11 is 7.73. The lowest BCUT2D eigenvalue weighted by atomic mass is 9.92. The third kappa shape index (κ3) is 3.69. The number of carbonyl (C=O) groups excluding carboxylic acids is 2. The lowest BCUT2D eigenvalue weighted by Crippen LogP contribution is -2.39. The molecule has 3 fully saturated rings. The van der Waals surface area contributed by atoms with Crippen molar-refractivity contribution in [3.63, 3.8) is 0 Å². The van der Waals surface area contributed by atoms with Crippen molar-refractivity contribution in [1.29, 1.82) is 0 Å². The van der Waals surface area contributed by atoms with Crippen LogP contribution in [0.3, 0.4) is 0 Å². The van der Waals surface area contributed by atoms with Crippen LogP contribution in [0.25, 0.3) is 21.3 Å². The molecule has 2 unspecified atom stereocenters. The van der Waals surface area contributed by atoms with E-state index in [1.165, 1.54) is 16.2 Å². The molecular weight excluding hydrogens is 501 g/mol. The number of carbonyl (C=O) groups is 2. The summed E-state index contributed by atoms with van der Waals surface area (Å²) in [6, 6.07) is 5.72. The first-order valence-electron chi connectivity index (χ1n) is 12.2. The van der Waals surface area contributed by atoms with Gasteiger partial charge in [-0.15, -0.1) is 11.3 Å². The van der Waals surface area contributed by atoms with Gasteiger partial charge in [-0.3, -0.25) is 19.5 Å². The Morgan fingerprint density at radius 1 is 1.25 bits per heavy atom. The molecule has 0 radical (unpaired) electrons. The largest absolute Gasteiger partial charge is 0.375 e. The molecule has 6 nitrogen and oxygen atoms in total. The number of likely N-dealkylation sites (tertiary alicyclic amines) is 1. The van der Waals surface area contributed by atoms with Crippen LogP contribution in [0, 0.1) is 30.0 Å². The van der Waals surface area contributed by atoms with Gasteiger partial charge in [-0.05, 0) is 47.2 Å². The average molecular weight is 528 g/mol. The molecule has 6 rings (SSSR count). The van der Waals surface area contributed by atoms with E-state index in [9.17, 15) is 9.59 Å². The van der Waals surface area contributed by atoms with Gasteiger partial charge in [-0.25, -0.2) is 4.39 Å². The lowest BCUT2D eigenvalue weighted by Gasteiger charge is -2.25. The topological polar surface area (TPSA) is 71.5 Å². The van der Waals surface area contributed by atoms with Crippen molar-refractivity contribution in [2.75, 3.05) is 19.7 Å². The summed E-state index contributed by atoms with van der Waals surface area (Å²) in [7, 11) is 0. The molecule has 0 bridgehead atoms. The summed E-state index contributed by atoms with van der Waals surface area (Å²) in [5, 5.41) is 3.97. The van der Waals surface area contributed by atoms with Crippen LogP contribution in [0.4, 0.5) is 4.39 Å². The monoisotopic (exact) mass is 527 g/mol. The highest BCUT2D eigenvalue weighted by atomic mass is 35.5. The van der Waals surface area contributed by atoms with E-state index in [2.05, 4.69) is 10.3 Å². The molecule has 3 atom stereocenters. The number of piperidine rings is 1. The zero-order valence-electron chi connectivity index (χ0n) is 20.4. The van der Waals surface area contributed by atoms with Crippen LogP contribution in [-0.2, 0) is 27.3 Å². The maximum Gasteiger partial charge on any atom is 0.234 e. The van der Waals surface area contributed by atoms with Crippen molar-refractivity contribution in [3.8, 4) is 11.1 Å². The number of hydrogen-bond donors (Lipinski definition) is 1. The summed E-state index contributed by atoms with van der Waals surface area (Å²) in [5.74, 6) is -1.45. The molecule has 1 saturated carbocycles. The van der Waals surface area contributed by atoms with Crippen molar-refractivity contribution in [2.24, 2.45) is 17.3 Å². The van der Waals surface area contributed by atoms with Gasteiger partial charge in [0.05, 0.1) is 40.7 Å². The number of aryl methyl sites for hydroxylation is 1. The third-order valence-electron chi connectivity index (χ3n) is 7.94. The number of rotatable bonds is 5. The van der Waals surface area contributed by atoms with Crippen LogP contribution in [0.15, 0.2) is 24.4 Å². The van der Waals surface area contributed by atoms with Crippen LogP contribution in [-0.4, -0.2) is 47.5 Å².